The lowest BCUT2D eigenvalue weighted by Gasteiger charge is -2.11. The Morgan fingerprint density at radius 1 is 1.38 bits per heavy atom. The van der Waals surface area contributed by atoms with E-state index in [0.717, 1.165) is 5.56 Å². The van der Waals surface area contributed by atoms with Crippen molar-refractivity contribution >= 4 is 0 Å². The first-order valence-electron chi connectivity index (χ1n) is 4.92. The maximum Gasteiger partial charge on any atom is 0.265 e. The zero-order valence-corrected chi connectivity index (χ0v) is 8.88. The van der Waals surface area contributed by atoms with Crippen LogP contribution in [0.5, 0.6) is 0 Å². The zero-order valence-electron chi connectivity index (χ0n) is 8.88. The Labute approximate surface area is 92.1 Å². The van der Waals surface area contributed by atoms with Crippen molar-refractivity contribution in [3.05, 3.63) is 35.1 Å². The Morgan fingerprint density at radius 2 is 2.06 bits per heavy atom. The summed E-state index contributed by atoms with van der Waals surface area (Å²) in [6.45, 7) is 1.68. The summed E-state index contributed by atoms with van der Waals surface area (Å²) in [6, 6.07) is 4.60. The molecule has 90 valence electrons. The number of hydrogen-bond acceptors (Lipinski definition) is 2. The number of rotatable bonds is 5. The predicted molar refractivity (Wildman–Crippen MR) is 54.9 cm³/mol. The highest BCUT2D eigenvalue weighted by molar-refractivity contribution is 5.23. The molecule has 1 rings (SSSR count). The van der Waals surface area contributed by atoms with Gasteiger partial charge in [0, 0.05) is 18.7 Å². The molecule has 2 nitrogen and oxygen atoms in total. The fourth-order valence-corrected chi connectivity index (χ4v) is 1.28. The molecular formula is C11H14F3NO. The maximum absolute atomic E-state index is 13.2. The summed E-state index contributed by atoms with van der Waals surface area (Å²) >= 11 is 0. The van der Waals surface area contributed by atoms with Gasteiger partial charge < -0.3 is 10.4 Å². The molecule has 2 N–H and O–H groups in total. The molecule has 0 spiro atoms. The number of hydrogen-bond donors (Lipinski definition) is 2. The van der Waals surface area contributed by atoms with E-state index in [2.05, 4.69) is 5.32 Å². The van der Waals surface area contributed by atoms with Crippen LogP contribution in [0.1, 0.15) is 11.1 Å². The lowest BCUT2D eigenvalue weighted by molar-refractivity contribution is -0.00343. The van der Waals surface area contributed by atoms with Gasteiger partial charge in [-0.25, -0.2) is 13.2 Å². The molecule has 0 aliphatic carbocycles. The number of halogens is 3. The van der Waals surface area contributed by atoms with E-state index in [1.165, 1.54) is 6.07 Å². The van der Waals surface area contributed by atoms with Crippen LogP contribution < -0.4 is 5.32 Å². The molecule has 0 radical (unpaired) electrons. The summed E-state index contributed by atoms with van der Waals surface area (Å²) < 4.78 is 37.1. The highest BCUT2D eigenvalue weighted by Gasteiger charge is 2.15. The van der Waals surface area contributed by atoms with Gasteiger partial charge in [0.1, 0.15) is 11.9 Å². The molecule has 0 aliphatic rings. The van der Waals surface area contributed by atoms with Gasteiger partial charge in [-0.15, -0.1) is 0 Å². The highest BCUT2D eigenvalue weighted by atomic mass is 19.3. The van der Waals surface area contributed by atoms with Crippen molar-refractivity contribution in [2.45, 2.75) is 26.0 Å². The van der Waals surface area contributed by atoms with Gasteiger partial charge in [0.2, 0.25) is 0 Å². The highest BCUT2D eigenvalue weighted by Crippen LogP contribution is 2.09. The summed E-state index contributed by atoms with van der Waals surface area (Å²) in [4.78, 5) is 0. The molecule has 0 amide bonds. The minimum Gasteiger partial charge on any atom is -0.386 e. The number of nitrogens with one attached hydrogen (secondary N) is 1. The van der Waals surface area contributed by atoms with Gasteiger partial charge in [0.05, 0.1) is 0 Å². The molecule has 1 aromatic carbocycles. The summed E-state index contributed by atoms with van der Waals surface area (Å²) in [5.41, 5.74) is 1.30. The second-order valence-electron chi connectivity index (χ2n) is 3.63. The molecule has 1 aromatic rings. The van der Waals surface area contributed by atoms with Gasteiger partial charge in [-0.2, -0.15) is 0 Å². The van der Waals surface area contributed by atoms with E-state index >= 15 is 0 Å². The van der Waals surface area contributed by atoms with Crippen molar-refractivity contribution < 1.29 is 18.3 Å². The largest absolute Gasteiger partial charge is 0.386 e. The third kappa shape index (κ3) is 3.83. The summed E-state index contributed by atoms with van der Waals surface area (Å²) in [7, 11) is 0. The lowest BCUT2D eigenvalue weighted by Crippen LogP contribution is -2.31. The molecular weight excluding hydrogens is 219 g/mol. The Morgan fingerprint density at radius 3 is 2.69 bits per heavy atom. The minimum atomic E-state index is -2.78. The van der Waals surface area contributed by atoms with Crippen LogP contribution in [0.15, 0.2) is 18.2 Å². The fraction of sp³-hybridized carbons (Fsp3) is 0.455. The van der Waals surface area contributed by atoms with E-state index in [1.54, 1.807) is 12.1 Å². The van der Waals surface area contributed by atoms with Gasteiger partial charge in [0.15, 0.2) is 0 Å². The standard InChI is InChI=1S/C11H14F3NO/c1-7-2-3-9(12)8(4-7)5-15-6-10(16)11(13)14/h2-4,10-11,15-16H,5-6H2,1H3. The van der Waals surface area contributed by atoms with E-state index in [4.69, 9.17) is 5.11 Å². The Hall–Kier alpha value is -1.07. The average Bonchev–Trinajstić information content (AvgIpc) is 2.22. The maximum atomic E-state index is 13.2. The first kappa shape index (κ1) is 13.0. The monoisotopic (exact) mass is 233 g/mol. The van der Waals surface area contributed by atoms with E-state index in [1.807, 2.05) is 6.92 Å². The fourth-order valence-electron chi connectivity index (χ4n) is 1.28. The molecule has 5 heteroatoms. The molecule has 0 aliphatic heterocycles. The minimum absolute atomic E-state index is 0.122. The molecule has 0 aromatic heterocycles. The van der Waals surface area contributed by atoms with Crippen molar-refractivity contribution in [2.75, 3.05) is 6.54 Å². The first-order valence-corrected chi connectivity index (χ1v) is 4.92. The number of aliphatic hydroxyl groups is 1. The molecule has 0 heterocycles. The van der Waals surface area contributed by atoms with E-state index in [9.17, 15) is 13.2 Å². The van der Waals surface area contributed by atoms with Crippen molar-refractivity contribution in [3.8, 4) is 0 Å². The third-order valence-electron chi connectivity index (χ3n) is 2.16. The van der Waals surface area contributed by atoms with Crippen molar-refractivity contribution in [2.24, 2.45) is 0 Å². The van der Waals surface area contributed by atoms with E-state index < -0.39 is 12.5 Å². The number of aliphatic hydroxyl groups excluding tert-OH is 1. The Bertz CT molecular complexity index is 344. The molecule has 16 heavy (non-hydrogen) atoms. The van der Waals surface area contributed by atoms with Crippen LogP contribution in [0.25, 0.3) is 0 Å². The van der Waals surface area contributed by atoms with Crippen molar-refractivity contribution in [3.63, 3.8) is 0 Å². The topological polar surface area (TPSA) is 32.3 Å². The van der Waals surface area contributed by atoms with Crippen LogP contribution >= 0.6 is 0 Å². The van der Waals surface area contributed by atoms with Crippen LogP contribution in [0.4, 0.5) is 13.2 Å². The van der Waals surface area contributed by atoms with Crippen molar-refractivity contribution in [1.82, 2.24) is 5.32 Å². The van der Waals surface area contributed by atoms with Crippen LogP contribution in [0.2, 0.25) is 0 Å². The average molecular weight is 233 g/mol. The quantitative estimate of drug-likeness (QED) is 0.813. The predicted octanol–water partition coefficient (Wildman–Crippen LogP) is 1.85. The van der Waals surface area contributed by atoms with Crippen molar-refractivity contribution in [1.29, 1.82) is 0 Å². The molecule has 0 saturated heterocycles. The van der Waals surface area contributed by atoms with E-state index in [0.29, 0.717) is 5.56 Å². The summed E-state index contributed by atoms with van der Waals surface area (Å²) in [5.74, 6) is -0.385. The van der Waals surface area contributed by atoms with Gasteiger partial charge in [-0.05, 0) is 13.0 Å². The zero-order chi connectivity index (χ0) is 12.1. The Balaban J connectivity index is 2.45. The normalized spacial score (nSPS) is 13.1. The molecule has 1 unspecified atom stereocenters. The molecule has 0 saturated carbocycles. The van der Waals surface area contributed by atoms with Gasteiger partial charge in [-0.1, -0.05) is 17.7 Å². The third-order valence-corrected chi connectivity index (χ3v) is 2.16. The van der Waals surface area contributed by atoms with Gasteiger partial charge in [0.25, 0.3) is 6.43 Å². The SMILES string of the molecule is Cc1ccc(F)c(CNCC(O)C(F)F)c1. The van der Waals surface area contributed by atoms with Gasteiger partial charge >= 0.3 is 0 Å². The number of aryl methyl sites for hydroxylation is 1. The second kappa shape index (κ2) is 5.86. The van der Waals surface area contributed by atoms with Crippen LogP contribution in [-0.4, -0.2) is 24.2 Å². The summed E-state index contributed by atoms with van der Waals surface area (Å²) in [5, 5.41) is 11.4. The first-order chi connectivity index (χ1) is 7.50. The number of benzene rings is 1. The van der Waals surface area contributed by atoms with Gasteiger partial charge in [-0.3, -0.25) is 0 Å². The van der Waals surface area contributed by atoms with Crippen LogP contribution in [-0.2, 0) is 6.54 Å². The molecule has 1 atom stereocenters. The number of alkyl halides is 2. The lowest BCUT2D eigenvalue weighted by atomic mass is 10.1. The summed E-state index contributed by atoms with van der Waals surface area (Å²) in [6.07, 6.45) is -4.50. The molecule has 0 fully saturated rings. The van der Waals surface area contributed by atoms with E-state index in [-0.39, 0.29) is 18.9 Å². The molecule has 0 bridgehead atoms. The Kier molecular flexibility index (Phi) is 4.76. The van der Waals surface area contributed by atoms with Crippen LogP contribution in [0, 0.1) is 12.7 Å². The smallest absolute Gasteiger partial charge is 0.265 e. The van der Waals surface area contributed by atoms with Crippen LogP contribution in [0.3, 0.4) is 0 Å². The second-order valence-corrected chi connectivity index (χ2v) is 3.63.